The molecule has 0 amide bonds. The highest BCUT2D eigenvalue weighted by Crippen LogP contribution is 2.29. The Balaban J connectivity index is 1.69. The Bertz CT molecular complexity index is 512. The van der Waals surface area contributed by atoms with Gasteiger partial charge in [-0.2, -0.15) is 0 Å². The first kappa shape index (κ1) is 12.3. The Morgan fingerprint density at radius 3 is 2.89 bits per heavy atom. The summed E-state index contributed by atoms with van der Waals surface area (Å²) in [5, 5.41) is 6.79. The third kappa shape index (κ3) is 2.80. The predicted molar refractivity (Wildman–Crippen MR) is 78.3 cm³/mol. The van der Waals surface area contributed by atoms with Gasteiger partial charge in [-0.15, -0.1) is 22.7 Å². The fraction of sp³-hybridized carbons (Fsp3) is 0.462. The van der Waals surface area contributed by atoms with E-state index in [1.165, 1.54) is 14.8 Å². The van der Waals surface area contributed by atoms with E-state index in [4.69, 9.17) is 4.98 Å². The van der Waals surface area contributed by atoms with E-state index in [0.29, 0.717) is 0 Å². The van der Waals surface area contributed by atoms with Crippen LogP contribution in [0.1, 0.15) is 9.88 Å². The Morgan fingerprint density at radius 2 is 2.17 bits per heavy atom. The zero-order valence-corrected chi connectivity index (χ0v) is 12.1. The number of hydrogen-bond donors (Lipinski definition) is 1. The lowest BCUT2D eigenvalue weighted by molar-refractivity contribution is 0.233. The second kappa shape index (κ2) is 5.48. The molecule has 0 aromatic carbocycles. The van der Waals surface area contributed by atoms with Gasteiger partial charge in [0.2, 0.25) is 0 Å². The van der Waals surface area contributed by atoms with E-state index in [2.05, 4.69) is 34.7 Å². The highest BCUT2D eigenvalue weighted by atomic mass is 32.1. The van der Waals surface area contributed by atoms with Crippen LogP contribution in [0, 0.1) is 6.92 Å². The fourth-order valence-corrected chi connectivity index (χ4v) is 3.87. The van der Waals surface area contributed by atoms with E-state index in [-0.39, 0.29) is 0 Å². The lowest BCUT2D eigenvalue weighted by atomic mass is 10.3. The number of thiazole rings is 1. The molecule has 1 aliphatic rings. The van der Waals surface area contributed by atoms with Gasteiger partial charge in [0, 0.05) is 36.4 Å². The summed E-state index contributed by atoms with van der Waals surface area (Å²) in [6, 6.07) is 4.33. The molecule has 0 atom stereocenters. The molecule has 3 heterocycles. The highest BCUT2D eigenvalue weighted by Gasteiger charge is 2.13. The fourth-order valence-electron chi connectivity index (χ4n) is 2.13. The number of aryl methyl sites for hydroxylation is 1. The van der Waals surface area contributed by atoms with E-state index < -0.39 is 0 Å². The van der Waals surface area contributed by atoms with Gasteiger partial charge in [-0.3, -0.25) is 4.90 Å². The Hall–Kier alpha value is -0.750. The molecular formula is C13H17N3S2. The van der Waals surface area contributed by atoms with Crippen LogP contribution in [-0.2, 0) is 6.54 Å². The topological polar surface area (TPSA) is 28.2 Å². The summed E-state index contributed by atoms with van der Waals surface area (Å²) in [7, 11) is 0. The maximum Gasteiger partial charge on any atom is 0.107 e. The first-order chi connectivity index (χ1) is 8.81. The summed E-state index contributed by atoms with van der Waals surface area (Å²) in [6.45, 7) is 7.60. The molecule has 3 nitrogen and oxygen atoms in total. The minimum Gasteiger partial charge on any atom is -0.314 e. The van der Waals surface area contributed by atoms with Gasteiger partial charge in [-0.25, -0.2) is 4.98 Å². The van der Waals surface area contributed by atoms with E-state index >= 15 is 0 Å². The van der Waals surface area contributed by atoms with Crippen molar-refractivity contribution in [2.45, 2.75) is 13.5 Å². The molecule has 2 aromatic rings. The molecule has 1 N–H and O–H groups in total. The van der Waals surface area contributed by atoms with Crippen molar-refractivity contribution >= 4 is 22.7 Å². The summed E-state index contributed by atoms with van der Waals surface area (Å²) in [4.78, 5) is 9.86. The van der Waals surface area contributed by atoms with Crippen molar-refractivity contribution in [2.75, 3.05) is 26.2 Å². The lowest BCUT2D eigenvalue weighted by Gasteiger charge is -2.26. The zero-order valence-electron chi connectivity index (χ0n) is 10.5. The molecular weight excluding hydrogens is 262 g/mol. The number of nitrogens with one attached hydrogen (secondary N) is 1. The number of rotatable bonds is 3. The summed E-state index contributed by atoms with van der Waals surface area (Å²) in [5.74, 6) is 0. The molecule has 96 valence electrons. The SMILES string of the molecule is Cc1ccc(-c2csc(CN3CCNCC3)n2)s1. The van der Waals surface area contributed by atoms with Crippen molar-refractivity contribution in [1.82, 2.24) is 15.2 Å². The Labute approximate surface area is 115 Å². The van der Waals surface area contributed by atoms with E-state index in [1.807, 2.05) is 11.3 Å². The van der Waals surface area contributed by atoms with Crippen molar-refractivity contribution in [2.24, 2.45) is 0 Å². The molecule has 0 radical (unpaired) electrons. The molecule has 0 spiro atoms. The number of hydrogen-bond acceptors (Lipinski definition) is 5. The van der Waals surface area contributed by atoms with Crippen LogP contribution < -0.4 is 5.32 Å². The summed E-state index contributed by atoms with van der Waals surface area (Å²) >= 11 is 3.60. The van der Waals surface area contributed by atoms with Crippen LogP contribution in [0.2, 0.25) is 0 Å². The minimum absolute atomic E-state index is 0.997. The van der Waals surface area contributed by atoms with E-state index in [0.717, 1.165) is 38.4 Å². The average Bonchev–Trinajstić information content (AvgIpc) is 2.99. The molecule has 0 saturated carbocycles. The highest BCUT2D eigenvalue weighted by molar-refractivity contribution is 7.16. The van der Waals surface area contributed by atoms with Gasteiger partial charge < -0.3 is 5.32 Å². The summed E-state index contributed by atoms with van der Waals surface area (Å²) < 4.78 is 0. The van der Waals surface area contributed by atoms with E-state index in [1.54, 1.807) is 11.3 Å². The number of thiophene rings is 1. The largest absolute Gasteiger partial charge is 0.314 e. The molecule has 0 aliphatic carbocycles. The Morgan fingerprint density at radius 1 is 1.33 bits per heavy atom. The maximum atomic E-state index is 4.75. The van der Waals surface area contributed by atoms with Gasteiger partial charge in [-0.1, -0.05) is 0 Å². The molecule has 18 heavy (non-hydrogen) atoms. The van der Waals surface area contributed by atoms with Gasteiger partial charge in [0.1, 0.15) is 5.01 Å². The molecule has 0 unspecified atom stereocenters. The van der Waals surface area contributed by atoms with Crippen LogP contribution in [0.5, 0.6) is 0 Å². The molecule has 1 fully saturated rings. The normalized spacial score (nSPS) is 17.2. The first-order valence-electron chi connectivity index (χ1n) is 6.25. The molecule has 5 heteroatoms. The van der Waals surface area contributed by atoms with Crippen LogP contribution in [0.25, 0.3) is 10.6 Å². The van der Waals surface area contributed by atoms with E-state index in [9.17, 15) is 0 Å². The van der Waals surface area contributed by atoms with Gasteiger partial charge in [0.05, 0.1) is 17.1 Å². The minimum atomic E-state index is 0.997. The van der Waals surface area contributed by atoms with Crippen molar-refractivity contribution in [3.05, 3.63) is 27.4 Å². The van der Waals surface area contributed by atoms with Gasteiger partial charge in [0.25, 0.3) is 0 Å². The molecule has 1 aliphatic heterocycles. The summed E-state index contributed by atoms with van der Waals surface area (Å²) in [6.07, 6.45) is 0. The summed E-state index contributed by atoms with van der Waals surface area (Å²) in [5.41, 5.74) is 1.14. The predicted octanol–water partition coefficient (Wildman–Crippen LogP) is 2.59. The van der Waals surface area contributed by atoms with Crippen LogP contribution in [0.3, 0.4) is 0 Å². The average molecular weight is 279 g/mol. The third-order valence-electron chi connectivity index (χ3n) is 3.11. The molecule has 0 bridgehead atoms. The van der Waals surface area contributed by atoms with Crippen LogP contribution in [0.4, 0.5) is 0 Å². The van der Waals surface area contributed by atoms with Gasteiger partial charge >= 0.3 is 0 Å². The van der Waals surface area contributed by atoms with Crippen LogP contribution in [0.15, 0.2) is 17.5 Å². The van der Waals surface area contributed by atoms with Gasteiger partial charge in [-0.05, 0) is 19.1 Å². The maximum absolute atomic E-state index is 4.75. The standard InChI is InChI=1S/C13H17N3S2/c1-10-2-3-12(18-10)11-9-17-13(15-11)8-16-6-4-14-5-7-16/h2-3,9,14H,4-8H2,1H3. The molecule has 3 rings (SSSR count). The van der Waals surface area contributed by atoms with Crippen molar-refractivity contribution in [3.63, 3.8) is 0 Å². The number of piperazine rings is 1. The van der Waals surface area contributed by atoms with Crippen LogP contribution in [-0.4, -0.2) is 36.1 Å². The van der Waals surface area contributed by atoms with Crippen molar-refractivity contribution in [3.8, 4) is 10.6 Å². The Kier molecular flexibility index (Phi) is 3.75. The number of nitrogens with zero attached hydrogens (tertiary/aromatic N) is 2. The smallest absolute Gasteiger partial charge is 0.107 e. The second-order valence-corrected chi connectivity index (χ2v) is 6.79. The first-order valence-corrected chi connectivity index (χ1v) is 7.95. The quantitative estimate of drug-likeness (QED) is 0.936. The third-order valence-corrected chi connectivity index (χ3v) is 4.97. The second-order valence-electron chi connectivity index (χ2n) is 4.56. The van der Waals surface area contributed by atoms with Crippen LogP contribution >= 0.6 is 22.7 Å². The van der Waals surface area contributed by atoms with Gasteiger partial charge in [0.15, 0.2) is 0 Å². The van der Waals surface area contributed by atoms with Crippen molar-refractivity contribution < 1.29 is 0 Å². The van der Waals surface area contributed by atoms with Crippen molar-refractivity contribution in [1.29, 1.82) is 0 Å². The zero-order chi connectivity index (χ0) is 12.4. The molecule has 1 saturated heterocycles. The molecule has 2 aromatic heterocycles. The monoisotopic (exact) mass is 279 g/mol. The lowest BCUT2D eigenvalue weighted by Crippen LogP contribution is -2.42. The number of aromatic nitrogens is 1.